The molecular weight excluding hydrogens is 321 g/mol. The van der Waals surface area contributed by atoms with Gasteiger partial charge in [-0.25, -0.2) is 19.2 Å². The summed E-state index contributed by atoms with van der Waals surface area (Å²) in [5, 5.41) is 0. The number of hydroxylamine groups is 3. The Morgan fingerprint density at radius 3 is 2.60 bits per heavy atom. The van der Waals surface area contributed by atoms with Crippen LogP contribution in [0.2, 0.25) is 0 Å². The number of hydrogen-bond acceptors (Lipinski definition) is 4. The third-order valence-corrected chi connectivity index (χ3v) is 4.65. The molecule has 0 radical (unpaired) electrons. The highest BCUT2D eigenvalue weighted by Crippen LogP contribution is 2.25. The lowest BCUT2D eigenvalue weighted by atomic mass is 10.0. The fourth-order valence-electron chi connectivity index (χ4n) is 3.46. The second-order valence-corrected chi connectivity index (χ2v) is 6.53. The zero-order valence-electron chi connectivity index (χ0n) is 14.4. The Bertz CT molecular complexity index is 728. The Morgan fingerprint density at radius 1 is 1.20 bits per heavy atom. The predicted octanol–water partition coefficient (Wildman–Crippen LogP) is 3.30. The van der Waals surface area contributed by atoms with Crippen molar-refractivity contribution in [1.82, 2.24) is 9.97 Å². The van der Waals surface area contributed by atoms with Gasteiger partial charge in [-0.1, -0.05) is 0 Å². The van der Waals surface area contributed by atoms with Crippen molar-refractivity contribution in [3.63, 3.8) is 0 Å². The molecule has 3 rings (SSSR count). The number of aromatic nitrogens is 2. The minimum Gasteiger partial charge on any atom is -0.277 e. The van der Waals surface area contributed by atoms with Crippen LogP contribution in [0.15, 0.2) is 36.8 Å². The van der Waals surface area contributed by atoms with E-state index in [0.29, 0.717) is 17.6 Å². The first-order chi connectivity index (χ1) is 12.1. The van der Waals surface area contributed by atoms with Crippen LogP contribution in [0.25, 0.3) is 11.3 Å². The van der Waals surface area contributed by atoms with E-state index >= 15 is 0 Å². The first-order valence-corrected chi connectivity index (χ1v) is 8.69. The summed E-state index contributed by atoms with van der Waals surface area (Å²) in [4.78, 5) is 25.7. The highest BCUT2D eigenvalue weighted by molar-refractivity contribution is 5.65. The van der Waals surface area contributed by atoms with Gasteiger partial charge in [0.15, 0.2) is 0 Å². The molecule has 0 aliphatic carbocycles. The molecule has 0 bridgehead atoms. The smallest absolute Gasteiger partial charge is 0.277 e. The SMILES string of the molecule is CC(=O)O[N+]1(CCc2cncnc2-c2ccc(F)cc2)CCCCC1. The first kappa shape index (κ1) is 17.5. The molecule has 1 saturated heterocycles. The number of quaternary nitrogens is 1. The van der Waals surface area contributed by atoms with E-state index in [1.165, 1.54) is 31.8 Å². The van der Waals surface area contributed by atoms with Gasteiger partial charge in [-0.3, -0.25) is 4.84 Å². The second kappa shape index (κ2) is 7.70. The van der Waals surface area contributed by atoms with Gasteiger partial charge in [-0.2, -0.15) is 0 Å². The number of benzene rings is 1. The van der Waals surface area contributed by atoms with E-state index in [-0.39, 0.29) is 11.8 Å². The third-order valence-electron chi connectivity index (χ3n) is 4.65. The van der Waals surface area contributed by atoms with Gasteiger partial charge < -0.3 is 0 Å². The highest BCUT2D eigenvalue weighted by Gasteiger charge is 2.34. The van der Waals surface area contributed by atoms with Crippen LogP contribution in [0, 0.1) is 5.82 Å². The van der Waals surface area contributed by atoms with Gasteiger partial charge in [-0.15, -0.1) is 4.65 Å². The summed E-state index contributed by atoms with van der Waals surface area (Å²) in [6.07, 6.45) is 7.28. The van der Waals surface area contributed by atoms with Crippen molar-refractivity contribution in [3.8, 4) is 11.3 Å². The molecule has 132 valence electrons. The molecule has 0 spiro atoms. The Kier molecular flexibility index (Phi) is 5.38. The van der Waals surface area contributed by atoms with Crippen molar-refractivity contribution in [2.75, 3.05) is 19.6 Å². The average Bonchev–Trinajstić information content (AvgIpc) is 2.61. The van der Waals surface area contributed by atoms with E-state index in [0.717, 1.165) is 42.8 Å². The van der Waals surface area contributed by atoms with Crippen molar-refractivity contribution >= 4 is 5.97 Å². The number of hydrogen-bond donors (Lipinski definition) is 0. The molecule has 0 N–H and O–H groups in total. The summed E-state index contributed by atoms with van der Waals surface area (Å²) in [5.74, 6) is -0.517. The number of carbonyl (C=O) groups is 1. The molecule has 0 atom stereocenters. The van der Waals surface area contributed by atoms with Crippen LogP contribution >= 0.6 is 0 Å². The van der Waals surface area contributed by atoms with Crippen LogP contribution in [0.4, 0.5) is 4.39 Å². The van der Waals surface area contributed by atoms with Crippen LogP contribution in [0.3, 0.4) is 0 Å². The number of carbonyl (C=O) groups excluding carboxylic acids is 1. The Balaban J connectivity index is 1.80. The van der Waals surface area contributed by atoms with Gasteiger partial charge >= 0.3 is 5.97 Å². The summed E-state index contributed by atoms with van der Waals surface area (Å²) < 4.78 is 13.6. The molecule has 5 nitrogen and oxygen atoms in total. The molecule has 0 unspecified atom stereocenters. The van der Waals surface area contributed by atoms with E-state index < -0.39 is 0 Å². The molecule has 1 fully saturated rings. The summed E-state index contributed by atoms with van der Waals surface area (Å²) in [5.41, 5.74) is 2.63. The topological polar surface area (TPSA) is 52.1 Å². The molecule has 1 aromatic carbocycles. The zero-order valence-corrected chi connectivity index (χ0v) is 14.4. The molecule has 1 aromatic heterocycles. The van der Waals surface area contributed by atoms with Crippen LogP contribution in [-0.2, 0) is 16.1 Å². The lowest BCUT2D eigenvalue weighted by molar-refractivity contribution is -1.09. The fraction of sp³-hybridized carbons (Fsp3) is 0.421. The molecule has 2 heterocycles. The number of piperidine rings is 1. The average molecular weight is 344 g/mol. The van der Waals surface area contributed by atoms with E-state index in [1.807, 2.05) is 0 Å². The van der Waals surface area contributed by atoms with Crippen molar-refractivity contribution in [1.29, 1.82) is 0 Å². The van der Waals surface area contributed by atoms with Crippen molar-refractivity contribution in [2.24, 2.45) is 0 Å². The lowest BCUT2D eigenvalue weighted by Gasteiger charge is -2.37. The van der Waals surface area contributed by atoms with Crippen molar-refractivity contribution < 1.29 is 18.7 Å². The summed E-state index contributed by atoms with van der Waals surface area (Å²) in [7, 11) is 0. The van der Waals surface area contributed by atoms with Crippen LogP contribution in [0.1, 0.15) is 31.7 Å². The highest BCUT2D eigenvalue weighted by atomic mass is 19.1. The van der Waals surface area contributed by atoms with Gasteiger partial charge in [0.05, 0.1) is 5.69 Å². The van der Waals surface area contributed by atoms with Crippen LogP contribution in [-0.4, -0.2) is 40.2 Å². The van der Waals surface area contributed by atoms with Gasteiger partial charge in [-0.05, 0) is 30.7 Å². The number of nitrogens with zero attached hydrogens (tertiary/aromatic N) is 3. The minimum atomic E-state index is -0.271. The number of likely N-dealkylation sites (tertiary alicyclic amines) is 1. The van der Waals surface area contributed by atoms with Gasteiger partial charge in [0.2, 0.25) is 0 Å². The molecule has 1 aliphatic heterocycles. The Labute approximate surface area is 147 Å². The third kappa shape index (κ3) is 4.39. The molecular formula is C19H23FN3O2+. The van der Waals surface area contributed by atoms with E-state index in [9.17, 15) is 9.18 Å². The van der Waals surface area contributed by atoms with Crippen LogP contribution < -0.4 is 0 Å². The number of rotatable bonds is 5. The van der Waals surface area contributed by atoms with E-state index in [2.05, 4.69) is 9.97 Å². The van der Waals surface area contributed by atoms with Gasteiger partial charge in [0, 0.05) is 43.5 Å². The summed E-state index contributed by atoms with van der Waals surface area (Å²) >= 11 is 0. The largest absolute Gasteiger partial charge is 0.363 e. The zero-order chi connectivity index (χ0) is 17.7. The second-order valence-electron chi connectivity index (χ2n) is 6.53. The maximum Gasteiger partial charge on any atom is 0.363 e. The molecule has 25 heavy (non-hydrogen) atoms. The molecule has 0 saturated carbocycles. The van der Waals surface area contributed by atoms with Crippen LogP contribution in [0.5, 0.6) is 0 Å². The maximum atomic E-state index is 13.2. The molecule has 1 aliphatic rings. The predicted molar refractivity (Wildman–Crippen MR) is 91.6 cm³/mol. The normalized spacial score (nSPS) is 16.4. The minimum absolute atomic E-state index is 0.245. The van der Waals surface area contributed by atoms with Crippen molar-refractivity contribution in [2.45, 2.75) is 32.6 Å². The standard InChI is InChI=1S/C19H23FN3O2/c1-15(24)25-23(10-3-2-4-11-23)12-9-17-13-21-14-22-19(17)16-5-7-18(20)8-6-16/h5-8,13-14H,2-4,9-12H2,1H3/q+1. The van der Waals surface area contributed by atoms with Gasteiger partial charge in [0.25, 0.3) is 0 Å². The fourth-order valence-corrected chi connectivity index (χ4v) is 3.46. The quantitative estimate of drug-likeness (QED) is 0.781. The molecule has 6 heteroatoms. The van der Waals surface area contributed by atoms with Crippen molar-refractivity contribution in [3.05, 3.63) is 48.2 Å². The lowest BCUT2D eigenvalue weighted by Crippen LogP contribution is -2.53. The van der Waals surface area contributed by atoms with Gasteiger partial charge in [0.1, 0.15) is 31.8 Å². The summed E-state index contributed by atoms with van der Waals surface area (Å²) in [6, 6.07) is 6.30. The molecule has 2 aromatic rings. The van der Waals surface area contributed by atoms with E-state index in [1.54, 1.807) is 18.3 Å². The maximum absolute atomic E-state index is 13.2. The van der Waals surface area contributed by atoms with E-state index in [4.69, 9.17) is 4.84 Å². The molecule has 0 amide bonds. The Hall–Kier alpha value is -2.34. The summed E-state index contributed by atoms with van der Waals surface area (Å²) in [6.45, 7) is 3.85. The monoisotopic (exact) mass is 344 g/mol. The first-order valence-electron chi connectivity index (χ1n) is 8.69. The number of halogens is 1. The Morgan fingerprint density at radius 2 is 1.92 bits per heavy atom.